The molecule has 3 amide bonds. The zero-order valence-corrected chi connectivity index (χ0v) is 15.7. The van der Waals surface area contributed by atoms with Gasteiger partial charge in [0.1, 0.15) is 0 Å². The van der Waals surface area contributed by atoms with E-state index >= 15 is 0 Å². The molecule has 0 bridgehead atoms. The highest BCUT2D eigenvalue weighted by atomic mass is 16.5. The Balaban J connectivity index is 1.50. The van der Waals surface area contributed by atoms with Gasteiger partial charge in [-0.3, -0.25) is 10.2 Å². The standard InChI is InChI=1S/C21H20N4O4/c1-2-29-20(27)16-5-9-17(10-6-16)22-21(28)24-23-19(26)15-7-11-18(12-8-15)25-13-3-4-14-25/h3-14H,2H2,1H3,(H,23,26)(H2,22,24,28). The smallest absolute Gasteiger partial charge is 0.338 e. The normalized spacial score (nSPS) is 10.1. The topological polar surface area (TPSA) is 101 Å². The van der Waals surface area contributed by atoms with Crippen LogP contribution in [-0.2, 0) is 4.74 Å². The number of carbonyl (C=O) groups excluding carboxylic acids is 3. The van der Waals surface area contributed by atoms with Crippen molar-refractivity contribution in [2.75, 3.05) is 11.9 Å². The van der Waals surface area contributed by atoms with Gasteiger partial charge in [0.25, 0.3) is 5.91 Å². The molecule has 0 saturated carbocycles. The maximum Gasteiger partial charge on any atom is 0.338 e. The SMILES string of the molecule is CCOC(=O)c1ccc(NC(=O)NNC(=O)c2ccc(-n3cccc3)cc2)cc1. The lowest BCUT2D eigenvalue weighted by atomic mass is 10.2. The summed E-state index contributed by atoms with van der Waals surface area (Å²) in [5, 5.41) is 2.55. The fraction of sp³-hybridized carbons (Fsp3) is 0.0952. The minimum Gasteiger partial charge on any atom is -0.462 e. The molecule has 0 aliphatic carbocycles. The molecule has 0 aliphatic rings. The summed E-state index contributed by atoms with van der Waals surface area (Å²) in [5.41, 5.74) is 6.79. The number of carbonyl (C=O) groups is 3. The van der Waals surface area contributed by atoms with Crippen LogP contribution < -0.4 is 16.2 Å². The van der Waals surface area contributed by atoms with Crippen LogP contribution in [0.25, 0.3) is 5.69 Å². The zero-order valence-electron chi connectivity index (χ0n) is 15.7. The molecule has 3 rings (SSSR count). The van der Waals surface area contributed by atoms with Gasteiger partial charge in [0.05, 0.1) is 12.2 Å². The summed E-state index contributed by atoms with van der Waals surface area (Å²) in [5.74, 6) is -0.879. The molecule has 1 heterocycles. The fourth-order valence-corrected chi connectivity index (χ4v) is 2.54. The molecule has 148 valence electrons. The predicted octanol–water partition coefficient (Wildman–Crippen LogP) is 3.12. The second kappa shape index (κ2) is 9.23. The molecule has 0 fully saturated rings. The van der Waals surface area contributed by atoms with Crippen LogP contribution in [-0.4, -0.2) is 29.1 Å². The van der Waals surface area contributed by atoms with Crippen LogP contribution >= 0.6 is 0 Å². The minimum absolute atomic E-state index is 0.288. The Bertz CT molecular complexity index is 981. The average molecular weight is 392 g/mol. The van der Waals surface area contributed by atoms with Gasteiger partial charge in [-0.1, -0.05) is 0 Å². The summed E-state index contributed by atoms with van der Waals surface area (Å²) < 4.78 is 6.81. The van der Waals surface area contributed by atoms with E-state index in [0.717, 1.165) is 5.69 Å². The first-order chi connectivity index (χ1) is 14.1. The van der Waals surface area contributed by atoms with Gasteiger partial charge in [0, 0.05) is 29.3 Å². The lowest BCUT2D eigenvalue weighted by Gasteiger charge is -2.10. The largest absolute Gasteiger partial charge is 0.462 e. The number of hydrazine groups is 1. The van der Waals surface area contributed by atoms with Crippen LogP contribution in [0.4, 0.5) is 10.5 Å². The summed E-state index contributed by atoms with van der Waals surface area (Å²) in [7, 11) is 0. The Hall–Kier alpha value is -4.07. The highest BCUT2D eigenvalue weighted by molar-refractivity contribution is 5.97. The van der Waals surface area contributed by atoms with Crippen LogP contribution in [0.5, 0.6) is 0 Å². The fourth-order valence-electron chi connectivity index (χ4n) is 2.54. The number of anilines is 1. The third-order valence-corrected chi connectivity index (χ3v) is 3.98. The molecule has 8 heteroatoms. The number of rotatable bonds is 5. The molecule has 1 aromatic heterocycles. The second-order valence-electron chi connectivity index (χ2n) is 5.97. The third-order valence-electron chi connectivity index (χ3n) is 3.98. The number of benzene rings is 2. The van der Waals surface area contributed by atoms with E-state index in [4.69, 9.17) is 4.74 Å². The van der Waals surface area contributed by atoms with Crippen molar-refractivity contribution in [3.63, 3.8) is 0 Å². The quantitative estimate of drug-likeness (QED) is 0.459. The van der Waals surface area contributed by atoms with Crippen molar-refractivity contribution in [1.82, 2.24) is 15.4 Å². The Morgan fingerprint density at radius 3 is 2.10 bits per heavy atom. The van der Waals surface area contributed by atoms with Gasteiger partial charge in [-0.2, -0.15) is 0 Å². The number of aromatic nitrogens is 1. The number of hydrogen-bond acceptors (Lipinski definition) is 4. The summed E-state index contributed by atoms with van der Waals surface area (Å²) in [6.45, 7) is 2.01. The first kappa shape index (κ1) is 19.7. The van der Waals surface area contributed by atoms with Crippen molar-refractivity contribution < 1.29 is 19.1 Å². The zero-order chi connectivity index (χ0) is 20.6. The van der Waals surface area contributed by atoms with E-state index in [0.29, 0.717) is 16.8 Å². The second-order valence-corrected chi connectivity index (χ2v) is 5.97. The Morgan fingerprint density at radius 2 is 1.48 bits per heavy atom. The van der Waals surface area contributed by atoms with Gasteiger partial charge in [-0.05, 0) is 67.6 Å². The summed E-state index contributed by atoms with van der Waals surface area (Å²) in [6.07, 6.45) is 3.81. The van der Waals surface area contributed by atoms with Crippen LogP contribution in [0.15, 0.2) is 73.1 Å². The Kier molecular flexibility index (Phi) is 6.26. The first-order valence-corrected chi connectivity index (χ1v) is 8.95. The van der Waals surface area contributed by atoms with Gasteiger partial charge in [0.15, 0.2) is 0 Å². The maximum atomic E-state index is 12.2. The first-order valence-electron chi connectivity index (χ1n) is 8.95. The van der Waals surface area contributed by atoms with Crippen LogP contribution in [0.3, 0.4) is 0 Å². The van der Waals surface area contributed by atoms with E-state index in [9.17, 15) is 14.4 Å². The average Bonchev–Trinajstić information content (AvgIpc) is 3.28. The van der Waals surface area contributed by atoms with Crippen molar-refractivity contribution in [2.24, 2.45) is 0 Å². The highest BCUT2D eigenvalue weighted by Gasteiger charge is 2.09. The van der Waals surface area contributed by atoms with Crippen molar-refractivity contribution in [1.29, 1.82) is 0 Å². The number of esters is 1. The van der Waals surface area contributed by atoms with E-state index in [-0.39, 0.29) is 6.61 Å². The van der Waals surface area contributed by atoms with Crippen LogP contribution in [0, 0.1) is 0 Å². The van der Waals surface area contributed by atoms with Crippen molar-refractivity contribution in [3.8, 4) is 5.69 Å². The number of hydrogen-bond donors (Lipinski definition) is 3. The minimum atomic E-state index is -0.619. The highest BCUT2D eigenvalue weighted by Crippen LogP contribution is 2.11. The molecule has 0 aliphatic heterocycles. The Labute approximate surface area is 167 Å². The summed E-state index contributed by atoms with van der Waals surface area (Å²) in [6, 6.07) is 16.3. The van der Waals surface area contributed by atoms with Crippen molar-refractivity contribution >= 4 is 23.6 Å². The lowest BCUT2D eigenvalue weighted by Crippen LogP contribution is -2.43. The Morgan fingerprint density at radius 1 is 0.862 bits per heavy atom. The molecule has 29 heavy (non-hydrogen) atoms. The number of urea groups is 1. The van der Waals surface area contributed by atoms with Crippen LogP contribution in [0.1, 0.15) is 27.6 Å². The van der Waals surface area contributed by atoms with Gasteiger partial charge in [0.2, 0.25) is 0 Å². The van der Waals surface area contributed by atoms with E-state index in [2.05, 4.69) is 16.2 Å². The number of amides is 3. The third kappa shape index (κ3) is 5.23. The van der Waals surface area contributed by atoms with E-state index < -0.39 is 17.9 Å². The summed E-state index contributed by atoms with van der Waals surface area (Å²) in [4.78, 5) is 35.7. The van der Waals surface area contributed by atoms with Gasteiger partial charge < -0.3 is 14.6 Å². The number of nitrogens with zero attached hydrogens (tertiary/aromatic N) is 1. The molecule has 0 spiro atoms. The molecule has 0 unspecified atom stereocenters. The number of nitrogens with one attached hydrogen (secondary N) is 3. The number of ether oxygens (including phenoxy) is 1. The maximum absolute atomic E-state index is 12.2. The molecule has 8 nitrogen and oxygen atoms in total. The molecule has 0 atom stereocenters. The summed E-state index contributed by atoms with van der Waals surface area (Å²) >= 11 is 0. The van der Waals surface area contributed by atoms with E-state index in [1.54, 1.807) is 55.5 Å². The molecular weight excluding hydrogens is 372 g/mol. The van der Waals surface area contributed by atoms with Gasteiger partial charge in [-0.15, -0.1) is 0 Å². The molecule has 3 aromatic rings. The monoisotopic (exact) mass is 392 g/mol. The van der Waals surface area contributed by atoms with Gasteiger partial charge >= 0.3 is 12.0 Å². The molecule has 0 radical (unpaired) electrons. The van der Waals surface area contributed by atoms with Gasteiger partial charge in [-0.25, -0.2) is 15.0 Å². The lowest BCUT2D eigenvalue weighted by molar-refractivity contribution is 0.0526. The molecular formula is C21H20N4O4. The van der Waals surface area contributed by atoms with Crippen molar-refractivity contribution in [2.45, 2.75) is 6.92 Å². The van der Waals surface area contributed by atoms with E-state index in [1.165, 1.54) is 0 Å². The predicted molar refractivity (Wildman–Crippen MR) is 108 cm³/mol. The van der Waals surface area contributed by atoms with E-state index in [1.807, 2.05) is 29.1 Å². The van der Waals surface area contributed by atoms with Crippen molar-refractivity contribution in [3.05, 3.63) is 84.2 Å². The molecule has 2 aromatic carbocycles. The molecule has 3 N–H and O–H groups in total. The molecule has 0 saturated heterocycles. The van der Waals surface area contributed by atoms with Crippen LogP contribution in [0.2, 0.25) is 0 Å².